The maximum atomic E-state index is 12.9. The molecule has 1 aliphatic rings. The zero-order valence-corrected chi connectivity index (χ0v) is 27.4. The van der Waals surface area contributed by atoms with E-state index in [1.165, 1.54) is 13.1 Å². The molecular formula is C33H44N6O7. The maximum Gasteiger partial charge on any atom is 0.414 e. The van der Waals surface area contributed by atoms with Crippen LogP contribution in [-0.2, 0) is 19.0 Å². The zero-order chi connectivity index (χ0) is 33.9. The monoisotopic (exact) mass is 636 g/mol. The summed E-state index contributed by atoms with van der Waals surface area (Å²) in [6.07, 6.45) is -0.146. The van der Waals surface area contributed by atoms with Crippen LogP contribution in [-0.4, -0.2) is 66.8 Å². The first-order valence-corrected chi connectivity index (χ1v) is 15.1. The van der Waals surface area contributed by atoms with Gasteiger partial charge in [-0.25, -0.2) is 19.8 Å². The summed E-state index contributed by atoms with van der Waals surface area (Å²) in [5, 5.41) is 11.5. The number of rotatable bonds is 9. The Labute approximate surface area is 269 Å². The second kappa shape index (κ2) is 15.9. The molecule has 4 N–H and O–H groups in total. The summed E-state index contributed by atoms with van der Waals surface area (Å²) < 4.78 is 16.2. The number of benzene rings is 2. The number of hydrogen-bond donors (Lipinski definition) is 4. The highest BCUT2D eigenvalue weighted by Gasteiger charge is 2.29. The molecule has 4 amide bonds. The van der Waals surface area contributed by atoms with Crippen LogP contribution in [0.5, 0.6) is 0 Å². The number of carbonyl (C=O) groups excluding carboxylic acids is 4. The van der Waals surface area contributed by atoms with Gasteiger partial charge in [0.05, 0.1) is 6.04 Å². The number of amides is 4. The van der Waals surface area contributed by atoms with E-state index in [-0.39, 0.29) is 30.9 Å². The number of guanidine groups is 1. The Bertz CT molecular complexity index is 1380. The van der Waals surface area contributed by atoms with Crippen LogP contribution in [0.2, 0.25) is 0 Å². The standard InChI is InChI=1S/C33H44N6O7/c1-21(40)39-35-19-22(13-12-18-34-28(37-30(42)45-32(2,3)4)38-31(43)46-33(5,6)7)36-29(41)44-20-27-25-16-10-8-14-23(25)24-15-9-11-17-26(24)27/h8-11,14-17,19,22,27H,12-13,18,20H2,1-7H3,(H,36,41)(H,39,40)(H2,34,37,38,42,43)/b35-19-/t22-/m0/s1. The number of nitrogens with zero attached hydrogens (tertiary/aromatic N) is 2. The average molecular weight is 637 g/mol. The minimum atomic E-state index is -0.806. The lowest BCUT2D eigenvalue weighted by atomic mass is 9.98. The lowest BCUT2D eigenvalue weighted by Crippen LogP contribution is -2.47. The molecular weight excluding hydrogens is 592 g/mol. The van der Waals surface area contributed by atoms with Gasteiger partial charge in [-0.2, -0.15) is 5.10 Å². The van der Waals surface area contributed by atoms with Gasteiger partial charge in [-0.1, -0.05) is 48.5 Å². The highest BCUT2D eigenvalue weighted by atomic mass is 16.6. The van der Waals surface area contributed by atoms with Gasteiger partial charge in [0.15, 0.2) is 0 Å². The molecule has 0 bridgehead atoms. The maximum absolute atomic E-state index is 12.9. The molecule has 46 heavy (non-hydrogen) atoms. The van der Waals surface area contributed by atoms with Crippen molar-refractivity contribution < 1.29 is 33.4 Å². The zero-order valence-electron chi connectivity index (χ0n) is 27.4. The van der Waals surface area contributed by atoms with Crippen LogP contribution in [0.1, 0.15) is 78.4 Å². The lowest BCUT2D eigenvalue weighted by Gasteiger charge is -2.22. The number of hydrazone groups is 1. The van der Waals surface area contributed by atoms with Crippen LogP contribution < -0.4 is 21.4 Å². The van der Waals surface area contributed by atoms with Crippen molar-refractivity contribution in [1.82, 2.24) is 21.4 Å². The van der Waals surface area contributed by atoms with E-state index >= 15 is 0 Å². The van der Waals surface area contributed by atoms with Crippen LogP contribution in [0, 0.1) is 0 Å². The van der Waals surface area contributed by atoms with Crippen molar-refractivity contribution in [1.29, 1.82) is 0 Å². The molecule has 2 aromatic carbocycles. The number of alkyl carbamates (subject to hydrolysis) is 3. The number of ether oxygens (including phenoxy) is 3. The highest BCUT2D eigenvalue weighted by Crippen LogP contribution is 2.44. The molecule has 0 spiro atoms. The SMILES string of the molecule is CC(=O)N/N=C\[C@H](CCCN=C(NC(=O)OC(C)(C)C)NC(=O)OC(C)(C)C)NC(=O)OCC1c2ccccc2-c2ccccc21. The fourth-order valence-electron chi connectivity index (χ4n) is 4.61. The Kier molecular flexibility index (Phi) is 12.3. The first-order valence-electron chi connectivity index (χ1n) is 15.1. The Balaban J connectivity index is 1.63. The summed E-state index contributed by atoms with van der Waals surface area (Å²) in [5.74, 6) is -0.629. The Morgan fingerprint density at radius 3 is 1.85 bits per heavy atom. The van der Waals surface area contributed by atoms with Crippen molar-refractivity contribution in [2.75, 3.05) is 13.2 Å². The third-order valence-electron chi connectivity index (χ3n) is 6.31. The molecule has 0 saturated carbocycles. The van der Waals surface area contributed by atoms with E-state index in [2.05, 4.69) is 43.6 Å². The van der Waals surface area contributed by atoms with Crippen molar-refractivity contribution in [3.63, 3.8) is 0 Å². The van der Waals surface area contributed by atoms with Crippen molar-refractivity contribution in [2.45, 2.75) is 84.5 Å². The first-order chi connectivity index (χ1) is 21.6. The summed E-state index contributed by atoms with van der Waals surface area (Å²) in [4.78, 5) is 53.2. The van der Waals surface area contributed by atoms with E-state index < -0.39 is 35.5 Å². The minimum Gasteiger partial charge on any atom is -0.449 e. The van der Waals surface area contributed by atoms with Crippen LogP contribution in [0.25, 0.3) is 11.1 Å². The van der Waals surface area contributed by atoms with Gasteiger partial charge < -0.3 is 19.5 Å². The number of aliphatic imine (C=N–C) groups is 1. The first kappa shape index (κ1) is 35.5. The molecule has 248 valence electrons. The van der Waals surface area contributed by atoms with Crippen LogP contribution in [0.15, 0.2) is 58.6 Å². The molecule has 13 heteroatoms. The fourth-order valence-corrected chi connectivity index (χ4v) is 4.61. The van der Waals surface area contributed by atoms with Gasteiger partial charge in [-0.15, -0.1) is 0 Å². The quantitative estimate of drug-likeness (QED) is 0.0964. The predicted molar refractivity (Wildman–Crippen MR) is 175 cm³/mol. The molecule has 0 heterocycles. The van der Waals surface area contributed by atoms with Gasteiger partial charge in [0.1, 0.15) is 17.8 Å². The number of fused-ring (bicyclic) bond motifs is 3. The third-order valence-corrected chi connectivity index (χ3v) is 6.31. The molecule has 1 aliphatic carbocycles. The molecule has 2 aromatic rings. The van der Waals surface area contributed by atoms with E-state index in [0.717, 1.165) is 22.3 Å². The molecule has 0 unspecified atom stereocenters. The highest BCUT2D eigenvalue weighted by molar-refractivity contribution is 6.01. The molecule has 13 nitrogen and oxygen atoms in total. The van der Waals surface area contributed by atoms with Gasteiger partial charge in [0.2, 0.25) is 11.9 Å². The van der Waals surface area contributed by atoms with Gasteiger partial charge in [0, 0.05) is 25.6 Å². The summed E-state index contributed by atoms with van der Waals surface area (Å²) in [5.41, 5.74) is 5.21. The second-order valence-corrected chi connectivity index (χ2v) is 12.6. The third kappa shape index (κ3) is 11.9. The Morgan fingerprint density at radius 1 is 0.826 bits per heavy atom. The minimum absolute atomic E-state index is 0.104. The molecule has 0 fully saturated rings. The van der Waals surface area contributed by atoms with Gasteiger partial charge in [-0.3, -0.25) is 20.4 Å². The van der Waals surface area contributed by atoms with Gasteiger partial charge in [-0.05, 0) is 76.6 Å². The largest absolute Gasteiger partial charge is 0.449 e. The van der Waals surface area contributed by atoms with Gasteiger partial charge in [0.25, 0.3) is 0 Å². The van der Waals surface area contributed by atoms with Gasteiger partial charge >= 0.3 is 18.3 Å². The summed E-state index contributed by atoms with van der Waals surface area (Å²) >= 11 is 0. The van der Waals surface area contributed by atoms with E-state index in [1.807, 2.05) is 36.4 Å². The molecule has 0 radical (unpaired) electrons. The van der Waals surface area contributed by atoms with Crippen LogP contribution in [0.4, 0.5) is 14.4 Å². The van der Waals surface area contributed by atoms with E-state index in [0.29, 0.717) is 12.8 Å². The van der Waals surface area contributed by atoms with Crippen LogP contribution in [0.3, 0.4) is 0 Å². The second-order valence-electron chi connectivity index (χ2n) is 12.6. The molecule has 0 saturated heterocycles. The molecule has 0 aromatic heterocycles. The van der Waals surface area contributed by atoms with Crippen LogP contribution >= 0.6 is 0 Å². The van der Waals surface area contributed by atoms with Crippen molar-refractivity contribution in [2.24, 2.45) is 10.1 Å². The smallest absolute Gasteiger partial charge is 0.414 e. The van der Waals surface area contributed by atoms with E-state index in [4.69, 9.17) is 14.2 Å². The molecule has 3 rings (SSSR count). The Morgan fingerprint density at radius 2 is 1.35 bits per heavy atom. The molecule has 1 atom stereocenters. The van der Waals surface area contributed by atoms with Crippen molar-refractivity contribution in [3.8, 4) is 11.1 Å². The Hall–Kier alpha value is -4.94. The summed E-state index contributed by atoms with van der Waals surface area (Å²) in [6, 6.07) is 15.5. The van der Waals surface area contributed by atoms with Crippen molar-refractivity contribution >= 4 is 36.4 Å². The van der Waals surface area contributed by atoms with E-state index in [9.17, 15) is 19.2 Å². The normalized spacial score (nSPS) is 13.1. The predicted octanol–water partition coefficient (Wildman–Crippen LogP) is 5.20. The fraction of sp³-hybridized carbons (Fsp3) is 0.455. The lowest BCUT2D eigenvalue weighted by molar-refractivity contribution is -0.118. The number of hydrogen-bond acceptors (Lipinski definition) is 9. The summed E-state index contributed by atoms with van der Waals surface area (Å²) in [6.45, 7) is 11.8. The summed E-state index contributed by atoms with van der Waals surface area (Å²) in [7, 11) is 0. The topological polar surface area (TPSA) is 169 Å². The molecule has 0 aliphatic heterocycles. The average Bonchev–Trinajstić information content (AvgIpc) is 3.25. The van der Waals surface area contributed by atoms with Crippen molar-refractivity contribution in [3.05, 3.63) is 59.7 Å². The van der Waals surface area contributed by atoms with E-state index in [1.54, 1.807) is 41.5 Å². The number of nitrogens with one attached hydrogen (secondary N) is 4. The number of carbonyl (C=O) groups is 4.